The molecule has 4 nitrogen and oxygen atoms in total. The van der Waals surface area contributed by atoms with Crippen molar-refractivity contribution in [3.63, 3.8) is 0 Å². The normalized spacial score (nSPS) is 15.7. The number of hydrogen-bond donors (Lipinski definition) is 2. The van der Waals surface area contributed by atoms with E-state index in [1.165, 1.54) is 23.3 Å². The molecule has 0 aromatic carbocycles. The van der Waals surface area contributed by atoms with Crippen molar-refractivity contribution in [1.82, 2.24) is 15.6 Å². The topological polar surface area (TPSA) is 54.0 Å². The predicted octanol–water partition coefficient (Wildman–Crippen LogP) is 3.77. The second-order valence-corrected chi connectivity index (χ2v) is 7.39. The molecule has 1 fully saturated rings. The molecule has 112 valence electrons. The second-order valence-electron chi connectivity index (χ2n) is 5.50. The third-order valence-electron chi connectivity index (χ3n) is 3.66. The van der Waals surface area contributed by atoms with Crippen LogP contribution in [0.2, 0.25) is 0 Å². The lowest BCUT2D eigenvalue weighted by molar-refractivity contribution is 0.235. The molecule has 0 radical (unpaired) electrons. The number of thiophene rings is 1. The molecule has 0 aliphatic heterocycles. The molecular weight excluding hydrogens is 302 g/mol. The van der Waals surface area contributed by atoms with E-state index in [1.54, 1.807) is 22.7 Å². The lowest BCUT2D eigenvalue weighted by Crippen LogP contribution is -2.38. The van der Waals surface area contributed by atoms with E-state index < -0.39 is 0 Å². The molecule has 2 aromatic heterocycles. The van der Waals surface area contributed by atoms with Gasteiger partial charge in [-0.3, -0.25) is 0 Å². The van der Waals surface area contributed by atoms with Crippen molar-refractivity contribution in [2.75, 3.05) is 0 Å². The first-order valence-corrected chi connectivity index (χ1v) is 8.89. The highest BCUT2D eigenvalue weighted by atomic mass is 32.1. The minimum absolute atomic E-state index is 0.0631. The zero-order valence-electron chi connectivity index (χ0n) is 12.2. The molecule has 2 amide bonds. The lowest BCUT2D eigenvalue weighted by atomic mass is 10.2. The van der Waals surface area contributed by atoms with Gasteiger partial charge in [0, 0.05) is 16.0 Å². The average Bonchev–Trinajstić information content (AvgIpc) is 3.08. The van der Waals surface area contributed by atoms with Gasteiger partial charge in [-0.05, 0) is 49.6 Å². The van der Waals surface area contributed by atoms with Crippen molar-refractivity contribution in [1.29, 1.82) is 0 Å². The molecule has 2 heterocycles. The summed E-state index contributed by atoms with van der Waals surface area (Å²) in [6, 6.07) is 2.03. The van der Waals surface area contributed by atoms with Crippen LogP contribution in [0.4, 0.5) is 4.79 Å². The average molecular weight is 321 g/mol. The van der Waals surface area contributed by atoms with Crippen molar-refractivity contribution in [3.8, 4) is 0 Å². The maximum atomic E-state index is 12.1. The zero-order chi connectivity index (χ0) is 14.8. The summed E-state index contributed by atoms with van der Waals surface area (Å²) in [6.07, 6.45) is 2.35. The first-order chi connectivity index (χ1) is 10.1. The fourth-order valence-electron chi connectivity index (χ4n) is 2.26. The summed E-state index contributed by atoms with van der Waals surface area (Å²) in [7, 11) is 0. The largest absolute Gasteiger partial charge is 0.333 e. The van der Waals surface area contributed by atoms with Gasteiger partial charge in [0.2, 0.25) is 0 Å². The Kier molecular flexibility index (Phi) is 4.26. The van der Waals surface area contributed by atoms with Crippen molar-refractivity contribution in [2.45, 2.75) is 39.3 Å². The molecule has 2 N–H and O–H groups in total. The van der Waals surface area contributed by atoms with Gasteiger partial charge in [0.25, 0.3) is 0 Å². The molecule has 1 aliphatic rings. The number of aromatic nitrogens is 1. The molecule has 1 aliphatic carbocycles. The zero-order valence-corrected chi connectivity index (χ0v) is 13.8. The van der Waals surface area contributed by atoms with E-state index in [2.05, 4.69) is 34.0 Å². The third kappa shape index (κ3) is 3.63. The van der Waals surface area contributed by atoms with Crippen LogP contribution >= 0.6 is 22.7 Å². The van der Waals surface area contributed by atoms with Gasteiger partial charge in [0.15, 0.2) is 0 Å². The fraction of sp³-hybridized carbons (Fsp3) is 0.467. The Balaban J connectivity index is 1.58. The Bertz CT molecular complexity index is 630. The van der Waals surface area contributed by atoms with E-state index >= 15 is 0 Å². The molecule has 6 heteroatoms. The number of rotatable bonds is 5. The molecule has 3 rings (SSSR count). The Morgan fingerprint density at radius 2 is 2.24 bits per heavy atom. The number of hydrogen-bond acceptors (Lipinski definition) is 4. The Hall–Kier alpha value is -1.40. The van der Waals surface area contributed by atoms with E-state index in [1.807, 2.05) is 12.3 Å². The van der Waals surface area contributed by atoms with Crippen LogP contribution in [-0.4, -0.2) is 11.0 Å². The number of urea groups is 1. The molecule has 21 heavy (non-hydrogen) atoms. The van der Waals surface area contributed by atoms with Crippen LogP contribution in [-0.2, 0) is 6.54 Å². The molecule has 0 bridgehead atoms. The van der Waals surface area contributed by atoms with Crippen LogP contribution in [0.5, 0.6) is 0 Å². The minimum atomic E-state index is -0.104. The standard InChI is InChI=1S/C15H19N3OS2/c1-9-5-6-20-12(9)7-16-15(19)18-13(11-3-4-11)14-17-10(2)8-21-14/h5-6,8,11,13H,3-4,7H2,1-2H3,(H2,16,18,19). The van der Waals surface area contributed by atoms with E-state index in [-0.39, 0.29) is 12.1 Å². The molecule has 0 spiro atoms. The monoisotopic (exact) mass is 321 g/mol. The maximum absolute atomic E-state index is 12.1. The number of aryl methyl sites for hydroxylation is 2. The molecule has 2 aromatic rings. The smallest absolute Gasteiger partial charge is 0.315 e. The molecule has 1 atom stereocenters. The number of carbonyl (C=O) groups excluding carboxylic acids is 1. The Morgan fingerprint density at radius 1 is 1.43 bits per heavy atom. The van der Waals surface area contributed by atoms with Crippen LogP contribution in [0.3, 0.4) is 0 Å². The molecular formula is C15H19N3OS2. The van der Waals surface area contributed by atoms with Gasteiger partial charge in [-0.15, -0.1) is 22.7 Å². The maximum Gasteiger partial charge on any atom is 0.315 e. The van der Waals surface area contributed by atoms with Crippen LogP contribution in [0, 0.1) is 19.8 Å². The highest BCUT2D eigenvalue weighted by Crippen LogP contribution is 2.41. The predicted molar refractivity (Wildman–Crippen MR) is 86.7 cm³/mol. The van der Waals surface area contributed by atoms with Gasteiger partial charge in [0.05, 0.1) is 12.6 Å². The van der Waals surface area contributed by atoms with Crippen LogP contribution in [0.25, 0.3) is 0 Å². The van der Waals surface area contributed by atoms with Gasteiger partial charge in [-0.2, -0.15) is 0 Å². The number of nitrogens with one attached hydrogen (secondary N) is 2. The van der Waals surface area contributed by atoms with Crippen molar-refractivity contribution in [3.05, 3.63) is 38.0 Å². The minimum Gasteiger partial charge on any atom is -0.333 e. The summed E-state index contributed by atoms with van der Waals surface area (Å²) < 4.78 is 0. The van der Waals surface area contributed by atoms with Gasteiger partial charge in [-0.1, -0.05) is 0 Å². The number of thiazole rings is 1. The highest BCUT2D eigenvalue weighted by molar-refractivity contribution is 7.10. The lowest BCUT2D eigenvalue weighted by Gasteiger charge is -2.16. The number of amides is 2. The van der Waals surface area contributed by atoms with Crippen LogP contribution < -0.4 is 10.6 Å². The summed E-state index contributed by atoms with van der Waals surface area (Å²) in [5.41, 5.74) is 2.26. The Labute approximate surface area is 132 Å². The number of carbonyl (C=O) groups is 1. The summed E-state index contributed by atoms with van der Waals surface area (Å²) in [6.45, 7) is 4.64. The van der Waals surface area contributed by atoms with E-state index in [4.69, 9.17) is 0 Å². The van der Waals surface area contributed by atoms with Crippen molar-refractivity contribution in [2.24, 2.45) is 5.92 Å². The third-order valence-corrected chi connectivity index (χ3v) is 5.73. The summed E-state index contributed by atoms with van der Waals surface area (Å²) >= 11 is 3.31. The highest BCUT2D eigenvalue weighted by Gasteiger charge is 2.35. The SMILES string of the molecule is Cc1csc(C(NC(=O)NCc2sccc2C)C2CC2)n1. The summed E-state index contributed by atoms with van der Waals surface area (Å²) in [5.74, 6) is 0.546. The summed E-state index contributed by atoms with van der Waals surface area (Å²) in [4.78, 5) is 17.9. The summed E-state index contributed by atoms with van der Waals surface area (Å²) in [5, 5.41) is 11.2. The van der Waals surface area contributed by atoms with Gasteiger partial charge >= 0.3 is 6.03 Å². The molecule has 1 unspecified atom stereocenters. The molecule has 0 saturated heterocycles. The second kappa shape index (κ2) is 6.15. The molecule has 1 saturated carbocycles. The quantitative estimate of drug-likeness (QED) is 0.880. The number of nitrogens with zero attached hydrogens (tertiary/aromatic N) is 1. The first kappa shape index (κ1) is 14.5. The van der Waals surface area contributed by atoms with E-state index in [0.717, 1.165) is 10.7 Å². The van der Waals surface area contributed by atoms with Gasteiger partial charge in [-0.25, -0.2) is 9.78 Å². The van der Waals surface area contributed by atoms with Gasteiger partial charge < -0.3 is 10.6 Å². The van der Waals surface area contributed by atoms with Crippen molar-refractivity contribution >= 4 is 28.7 Å². The fourth-order valence-corrected chi connectivity index (χ4v) is 4.05. The van der Waals surface area contributed by atoms with E-state index in [0.29, 0.717) is 12.5 Å². The van der Waals surface area contributed by atoms with Gasteiger partial charge in [0.1, 0.15) is 5.01 Å². The van der Waals surface area contributed by atoms with E-state index in [9.17, 15) is 4.79 Å². The van der Waals surface area contributed by atoms with Crippen LogP contribution in [0.1, 0.15) is 40.0 Å². The van der Waals surface area contributed by atoms with Crippen LogP contribution in [0.15, 0.2) is 16.8 Å². The Morgan fingerprint density at radius 3 is 2.81 bits per heavy atom. The first-order valence-electron chi connectivity index (χ1n) is 7.13. The van der Waals surface area contributed by atoms with Crippen molar-refractivity contribution < 1.29 is 4.79 Å².